The minimum Gasteiger partial charge on any atom is -0.494 e. The molecule has 0 aliphatic rings. The summed E-state index contributed by atoms with van der Waals surface area (Å²) >= 11 is 1.34. The van der Waals surface area contributed by atoms with Crippen LogP contribution >= 0.6 is 11.3 Å². The topological polar surface area (TPSA) is 77.5 Å². The van der Waals surface area contributed by atoms with Crippen LogP contribution in [0.15, 0.2) is 42.5 Å². The summed E-state index contributed by atoms with van der Waals surface area (Å²) in [5, 5.41) is 3.19. The predicted molar refractivity (Wildman–Crippen MR) is 96.5 cm³/mol. The SMILES string of the molecule is CCOc1ccc2nc(NC(=O)c3ccccc3C(=O)OC)sc2c1. The van der Waals surface area contributed by atoms with Crippen LogP contribution < -0.4 is 10.1 Å². The zero-order valence-corrected chi connectivity index (χ0v) is 14.6. The van der Waals surface area contributed by atoms with Gasteiger partial charge in [-0.05, 0) is 37.3 Å². The largest absolute Gasteiger partial charge is 0.494 e. The number of nitrogens with zero attached hydrogens (tertiary/aromatic N) is 1. The Morgan fingerprint density at radius 1 is 1.16 bits per heavy atom. The molecule has 0 saturated heterocycles. The van der Waals surface area contributed by atoms with Gasteiger partial charge in [0.25, 0.3) is 5.91 Å². The zero-order valence-electron chi connectivity index (χ0n) is 13.7. The van der Waals surface area contributed by atoms with Gasteiger partial charge in [-0.2, -0.15) is 0 Å². The van der Waals surface area contributed by atoms with Gasteiger partial charge in [-0.3, -0.25) is 10.1 Å². The van der Waals surface area contributed by atoms with Crippen molar-refractivity contribution >= 4 is 38.6 Å². The normalized spacial score (nSPS) is 10.5. The molecule has 0 fully saturated rings. The first kappa shape index (κ1) is 16.9. The van der Waals surface area contributed by atoms with Gasteiger partial charge in [-0.25, -0.2) is 9.78 Å². The average Bonchev–Trinajstić information content (AvgIpc) is 3.02. The number of aromatic nitrogens is 1. The molecular formula is C18H16N2O4S. The minimum atomic E-state index is -0.559. The highest BCUT2D eigenvalue weighted by Gasteiger charge is 2.18. The Morgan fingerprint density at radius 3 is 2.64 bits per heavy atom. The van der Waals surface area contributed by atoms with Gasteiger partial charge in [0.1, 0.15) is 5.75 Å². The average molecular weight is 356 g/mol. The van der Waals surface area contributed by atoms with Crippen molar-refractivity contribution < 1.29 is 19.1 Å². The van der Waals surface area contributed by atoms with Crippen molar-refractivity contribution in [2.45, 2.75) is 6.92 Å². The van der Waals surface area contributed by atoms with Gasteiger partial charge in [0.15, 0.2) is 5.13 Å². The molecule has 0 aliphatic carbocycles. The van der Waals surface area contributed by atoms with Gasteiger partial charge < -0.3 is 9.47 Å². The van der Waals surface area contributed by atoms with Crippen LogP contribution in [0.4, 0.5) is 5.13 Å². The van der Waals surface area contributed by atoms with Crippen molar-refractivity contribution in [2.24, 2.45) is 0 Å². The number of ether oxygens (including phenoxy) is 2. The lowest BCUT2D eigenvalue weighted by Crippen LogP contribution is -2.16. The molecule has 0 atom stereocenters. The van der Waals surface area contributed by atoms with E-state index in [1.54, 1.807) is 24.3 Å². The third-order valence-electron chi connectivity index (χ3n) is 3.47. The van der Waals surface area contributed by atoms with E-state index in [1.807, 2.05) is 25.1 Å². The molecular weight excluding hydrogens is 340 g/mol. The number of carbonyl (C=O) groups is 2. The maximum absolute atomic E-state index is 12.5. The molecule has 1 amide bonds. The highest BCUT2D eigenvalue weighted by molar-refractivity contribution is 7.22. The number of nitrogens with one attached hydrogen (secondary N) is 1. The van der Waals surface area contributed by atoms with Gasteiger partial charge in [-0.1, -0.05) is 23.5 Å². The molecule has 7 heteroatoms. The molecule has 25 heavy (non-hydrogen) atoms. The van der Waals surface area contributed by atoms with Crippen LogP contribution in [0, 0.1) is 0 Å². The molecule has 0 spiro atoms. The second-order valence-corrected chi connectivity index (χ2v) is 6.10. The zero-order chi connectivity index (χ0) is 17.8. The highest BCUT2D eigenvalue weighted by atomic mass is 32.1. The van der Waals surface area contributed by atoms with E-state index in [1.165, 1.54) is 18.4 Å². The number of benzene rings is 2. The molecule has 0 radical (unpaired) electrons. The second kappa shape index (κ2) is 7.31. The Kier molecular flexibility index (Phi) is 4.95. The van der Waals surface area contributed by atoms with Crippen molar-refractivity contribution in [1.82, 2.24) is 4.98 Å². The number of amides is 1. The molecule has 2 aromatic carbocycles. The predicted octanol–water partition coefficient (Wildman–Crippen LogP) is 3.73. The van der Waals surface area contributed by atoms with Gasteiger partial charge in [0.2, 0.25) is 0 Å². The highest BCUT2D eigenvalue weighted by Crippen LogP contribution is 2.29. The lowest BCUT2D eigenvalue weighted by atomic mass is 10.1. The van der Waals surface area contributed by atoms with Crippen molar-refractivity contribution in [2.75, 3.05) is 19.0 Å². The van der Waals surface area contributed by atoms with E-state index in [0.717, 1.165) is 16.0 Å². The summed E-state index contributed by atoms with van der Waals surface area (Å²) in [6.07, 6.45) is 0. The smallest absolute Gasteiger partial charge is 0.338 e. The fourth-order valence-electron chi connectivity index (χ4n) is 2.35. The van der Waals surface area contributed by atoms with Gasteiger partial charge in [-0.15, -0.1) is 0 Å². The Balaban J connectivity index is 1.86. The molecule has 6 nitrogen and oxygen atoms in total. The summed E-state index contributed by atoms with van der Waals surface area (Å²) < 4.78 is 11.1. The van der Waals surface area contributed by atoms with Crippen LogP contribution in [-0.2, 0) is 4.74 Å². The van der Waals surface area contributed by atoms with Crippen molar-refractivity contribution in [3.63, 3.8) is 0 Å². The van der Waals surface area contributed by atoms with E-state index in [0.29, 0.717) is 11.7 Å². The molecule has 0 saturated carbocycles. The molecule has 0 aliphatic heterocycles. The molecule has 0 bridgehead atoms. The fraction of sp³-hybridized carbons (Fsp3) is 0.167. The Labute approximate surface area is 148 Å². The number of hydrogen-bond acceptors (Lipinski definition) is 6. The van der Waals surface area contributed by atoms with Crippen molar-refractivity contribution in [1.29, 1.82) is 0 Å². The molecule has 1 N–H and O–H groups in total. The number of esters is 1. The molecule has 1 aromatic heterocycles. The Bertz CT molecular complexity index is 936. The maximum atomic E-state index is 12.5. The monoisotopic (exact) mass is 356 g/mol. The molecule has 3 rings (SSSR count). The number of anilines is 1. The number of thiazole rings is 1. The minimum absolute atomic E-state index is 0.210. The summed E-state index contributed by atoms with van der Waals surface area (Å²) in [6.45, 7) is 2.50. The number of methoxy groups -OCH3 is 1. The lowest BCUT2D eigenvalue weighted by molar-refractivity contribution is 0.0597. The third kappa shape index (κ3) is 3.61. The summed E-state index contributed by atoms with van der Waals surface area (Å²) in [5.41, 5.74) is 1.22. The quantitative estimate of drug-likeness (QED) is 0.705. The van der Waals surface area contributed by atoms with Crippen LogP contribution in [0.1, 0.15) is 27.6 Å². The van der Waals surface area contributed by atoms with Crippen LogP contribution in [0.5, 0.6) is 5.75 Å². The first-order valence-corrected chi connectivity index (χ1v) is 8.46. The van der Waals surface area contributed by atoms with Crippen molar-refractivity contribution in [3.05, 3.63) is 53.6 Å². The van der Waals surface area contributed by atoms with E-state index in [4.69, 9.17) is 9.47 Å². The van der Waals surface area contributed by atoms with E-state index in [2.05, 4.69) is 10.3 Å². The summed E-state index contributed by atoms with van der Waals surface area (Å²) in [6, 6.07) is 12.0. The van der Waals surface area contributed by atoms with Gasteiger partial charge in [0.05, 0.1) is 35.1 Å². The molecule has 128 valence electrons. The van der Waals surface area contributed by atoms with Crippen LogP contribution in [-0.4, -0.2) is 30.6 Å². The molecule has 0 unspecified atom stereocenters. The lowest BCUT2D eigenvalue weighted by Gasteiger charge is -2.06. The van der Waals surface area contributed by atoms with Gasteiger partial charge >= 0.3 is 5.97 Å². The Hall–Kier alpha value is -2.93. The van der Waals surface area contributed by atoms with E-state index in [-0.39, 0.29) is 11.1 Å². The summed E-state index contributed by atoms with van der Waals surface area (Å²) in [5.74, 6) is -0.214. The van der Waals surface area contributed by atoms with Gasteiger partial charge in [0, 0.05) is 0 Å². The van der Waals surface area contributed by atoms with E-state index >= 15 is 0 Å². The standard InChI is InChI=1S/C18H16N2O4S/c1-3-24-11-8-9-14-15(10-11)25-18(19-14)20-16(21)12-6-4-5-7-13(12)17(22)23-2/h4-10H,3H2,1-2H3,(H,19,20,21). The number of hydrogen-bond donors (Lipinski definition) is 1. The Morgan fingerprint density at radius 2 is 1.92 bits per heavy atom. The first-order valence-electron chi connectivity index (χ1n) is 7.64. The first-order chi connectivity index (χ1) is 12.1. The fourth-order valence-corrected chi connectivity index (χ4v) is 3.24. The molecule has 1 heterocycles. The van der Waals surface area contributed by atoms with Crippen LogP contribution in [0.2, 0.25) is 0 Å². The maximum Gasteiger partial charge on any atom is 0.338 e. The van der Waals surface area contributed by atoms with Crippen LogP contribution in [0.25, 0.3) is 10.2 Å². The second-order valence-electron chi connectivity index (χ2n) is 5.07. The number of rotatable bonds is 5. The van der Waals surface area contributed by atoms with E-state index in [9.17, 15) is 9.59 Å². The molecule has 3 aromatic rings. The third-order valence-corrected chi connectivity index (χ3v) is 4.40. The number of fused-ring (bicyclic) bond motifs is 1. The van der Waals surface area contributed by atoms with Crippen molar-refractivity contribution in [3.8, 4) is 5.75 Å². The van der Waals surface area contributed by atoms with Crippen LogP contribution in [0.3, 0.4) is 0 Å². The summed E-state index contributed by atoms with van der Waals surface area (Å²) in [7, 11) is 1.28. The summed E-state index contributed by atoms with van der Waals surface area (Å²) in [4.78, 5) is 28.7. The van der Waals surface area contributed by atoms with E-state index < -0.39 is 11.9 Å². The number of carbonyl (C=O) groups excluding carboxylic acids is 2.